The first-order chi connectivity index (χ1) is 8.58. The molecule has 96 valence electrons. The molecule has 1 aromatic carbocycles. The quantitative estimate of drug-likeness (QED) is 0.697. The molecule has 3 heteroatoms. The zero-order valence-corrected chi connectivity index (χ0v) is 15.0. The second-order valence-electron chi connectivity index (χ2n) is 3.60. The molecular formula is C15H23GaN2. The van der Waals surface area contributed by atoms with Gasteiger partial charge >= 0.3 is 93.6 Å². The molecule has 0 unspecified atom stereocenters. The number of hydrogen-bond donors (Lipinski definition) is 0. The van der Waals surface area contributed by atoms with E-state index in [2.05, 4.69) is 29.0 Å². The zero-order valence-electron chi connectivity index (χ0n) is 12.6. The molecule has 0 spiro atoms. The predicted octanol–water partition coefficient (Wildman–Crippen LogP) is 3.40. The maximum atomic E-state index is 4.56. The predicted molar refractivity (Wildman–Crippen MR) is 81.8 cm³/mol. The van der Waals surface area contributed by atoms with Crippen LogP contribution in [0, 0.1) is 20.8 Å². The van der Waals surface area contributed by atoms with Gasteiger partial charge in [0.05, 0.1) is 0 Å². The van der Waals surface area contributed by atoms with E-state index in [0.717, 1.165) is 22.4 Å². The topological polar surface area (TPSA) is 25.8 Å². The van der Waals surface area contributed by atoms with Crippen LogP contribution in [0.3, 0.4) is 0 Å². The fourth-order valence-corrected chi connectivity index (χ4v) is 2.38. The van der Waals surface area contributed by atoms with E-state index < -0.39 is 0 Å². The number of benzene rings is 1. The van der Waals surface area contributed by atoms with Crippen LogP contribution in [0.5, 0.6) is 0 Å². The van der Waals surface area contributed by atoms with Crippen molar-refractivity contribution in [2.45, 2.75) is 48.5 Å². The SMILES string of the molecule is CC.CC.Cc1nc2c[c]([Ga])cc(C)c2nc1C. The molecule has 1 aromatic heterocycles. The molecule has 0 aliphatic carbocycles. The standard InChI is InChI=1S/C11H11N2.2C2H6.Ga/c1-7-5-4-6-10-11(7)13-9(3)8(2)12-10;2*1-2;/h5-6H,1-3H3;2*1-2H3;. The third-order valence-corrected chi connectivity index (χ3v) is 3.09. The third kappa shape index (κ3) is 4.14. The molecule has 18 heavy (non-hydrogen) atoms. The average molecular weight is 301 g/mol. The van der Waals surface area contributed by atoms with E-state index in [1.165, 1.54) is 9.68 Å². The number of hydrogen-bond acceptors (Lipinski definition) is 2. The Bertz CT molecular complexity index is 507. The molecule has 0 fully saturated rings. The molecule has 0 N–H and O–H groups in total. The Kier molecular flexibility index (Phi) is 7.95. The van der Waals surface area contributed by atoms with E-state index in [1.807, 2.05) is 41.5 Å². The van der Waals surface area contributed by atoms with Crippen LogP contribution in [-0.4, -0.2) is 28.6 Å². The van der Waals surface area contributed by atoms with Crippen molar-refractivity contribution >= 4 is 33.8 Å². The Morgan fingerprint density at radius 1 is 0.833 bits per heavy atom. The van der Waals surface area contributed by atoms with Crippen LogP contribution in [0.4, 0.5) is 0 Å². The molecule has 0 aliphatic rings. The first-order valence-corrected chi connectivity index (χ1v) is 7.80. The van der Waals surface area contributed by atoms with Crippen molar-refractivity contribution in [1.82, 2.24) is 9.97 Å². The fourth-order valence-electron chi connectivity index (χ4n) is 1.53. The molecular weight excluding hydrogens is 278 g/mol. The maximum absolute atomic E-state index is 4.56. The van der Waals surface area contributed by atoms with Gasteiger partial charge in [0.25, 0.3) is 0 Å². The number of rotatable bonds is 0. The molecule has 2 aromatic rings. The van der Waals surface area contributed by atoms with E-state index in [4.69, 9.17) is 0 Å². The van der Waals surface area contributed by atoms with Gasteiger partial charge in [0, 0.05) is 0 Å². The van der Waals surface area contributed by atoms with Crippen molar-refractivity contribution < 1.29 is 0 Å². The van der Waals surface area contributed by atoms with Crippen molar-refractivity contribution in [2.75, 3.05) is 0 Å². The van der Waals surface area contributed by atoms with Crippen LogP contribution in [0.25, 0.3) is 11.0 Å². The monoisotopic (exact) mass is 300 g/mol. The van der Waals surface area contributed by atoms with Crippen LogP contribution < -0.4 is 4.12 Å². The molecule has 0 amide bonds. The van der Waals surface area contributed by atoms with Gasteiger partial charge in [-0.2, -0.15) is 0 Å². The van der Waals surface area contributed by atoms with Crippen LogP contribution >= 0.6 is 0 Å². The van der Waals surface area contributed by atoms with Gasteiger partial charge in [0.1, 0.15) is 0 Å². The summed E-state index contributed by atoms with van der Waals surface area (Å²) in [6.07, 6.45) is 0. The summed E-state index contributed by atoms with van der Waals surface area (Å²) >= 11 is 1.63. The van der Waals surface area contributed by atoms with Crippen LogP contribution in [0.2, 0.25) is 0 Å². The molecule has 0 bridgehead atoms. The van der Waals surface area contributed by atoms with E-state index in [0.29, 0.717) is 0 Å². The summed E-state index contributed by atoms with van der Waals surface area (Å²) < 4.78 is 1.31. The van der Waals surface area contributed by atoms with Gasteiger partial charge in [-0.05, 0) is 0 Å². The number of nitrogens with zero attached hydrogens (tertiary/aromatic N) is 2. The van der Waals surface area contributed by atoms with Crippen molar-refractivity contribution in [3.63, 3.8) is 0 Å². The summed E-state index contributed by atoms with van der Waals surface area (Å²) in [5.74, 6) is 0. The Morgan fingerprint density at radius 3 is 1.89 bits per heavy atom. The number of aromatic nitrogens is 2. The second kappa shape index (κ2) is 8.32. The van der Waals surface area contributed by atoms with E-state index in [9.17, 15) is 0 Å². The van der Waals surface area contributed by atoms with Gasteiger partial charge in [-0.3, -0.25) is 0 Å². The average Bonchev–Trinajstić information content (AvgIpc) is 2.37. The molecule has 0 saturated carbocycles. The molecule has 2 radical (unpaired) electrons. The van der Waals surface area contributed by atoms with Gasteiger partial charge in [-0.25, -0.2) is 0 Å². The van der Waals surface area contributed by atoms with Crippen molar-refractivity contribution in [3.8, 4) is 0 Å². The van der Waals surface area contributed by atoms with Crippen molar-refractivity contribution in [1.29, 1.82) is 0 Å². The first-order valence-electron chi connectivity index (χ1n) is 6.59. The Labute approximate surface area is 121 Å². The molecule has 1 heterocycles. The van der Waals surface area contributed by atoms with Gasteiger partial charge < -0.3 is 0 Å². The Hall–Kier alpha value is -0.804. The minimum absolute atomic E-state index is 1.02. The van der Waals surface area contributed by atoms with Gasteiger partial charge in [-0.1, -0.05) is 27.7 Å². The van der Waals surface area contributed by atoms with Crippen molar-refractivity contribution in [2.24, 2.45) is 0 Å². The molecule has 0 aliphatic heterocycles. The summed E-state index contributed by atoms with van der Waals surface area (Å²) in [6, 6.07) is 4.29. The van der Waals surface area contributed by atoms with Gasteiger partial charge in [0.15, 0.2) is 0 Å². The zero-order chi connectivity index (χ0) is 14.3. The third-order valence-electron chi connectivity index (χ3n) is 2.39. The van der Waals surface area contributed by atoms with E-state index in [-0.39, 0.29) is 0 Å². The van der Waals surface area contributed by atoms with Gasteiger partial charge in [-0.15, -0.1) is 0 Å². The minimum atomic E-state index is 1.02. The normalized spacial score (nSPS) is 9.06. The van der Waals surface area contributed by atoms with E-state index >= 15 is 0 Å². The Balaban J connectivity index is 0.000000659. The summed E-state index contributed by atoms with van der Waals surface area (Å²) in [5, 5.41) is 0. The summed E-state index contributed by atoms with van der Waals surface area (Å²) in [4.78, 5) is 9.10. The number of fused-ring (bicyclic) bond motifs is 1. The van der Waals surface area contributed by atoms with Crippen molar-refractivity contribution in [3.05, 3.63) is 29.1 Å². The Morgan fingerprint density at radius 2 is 1.33 bits per heavy atom. The van der Waals surface area contributed by atoms with Crippen LogP contribution in [0.1, 0.15) is 44.6 Å². The number of aryl methyl sites for hydroxylation is 3. The first kappa shape index (κ1) is 17.2. The summed E-state index contributed by atoms with van der Waals surface area (Å²) in [5.41, 5.74) is 5.32. The molecule has 0 atom stereocenters. The van der Waals surface area contributed by atoms with Crippen LogP contribution in [-0.2, 0) is 0 Å². The summed E-state index contributed by atoms with van der Waals surface area (Å²) in [6.45, 7) is 14.1. The molecule has 0 saturated heterocycles. The second-order valence-corrected chi connectivity index (χ2v) is 5.00. The molecule has 2 rings (SSSR count). The summed E-state index contributed by atoms with van der Waals surface area (Å²) in [7, 11) is 0. The van der Waals surface area contributed by atoms with E-state index in [1.54, 1.807) is 18.6 Å². The fraction of sp³-hybridized carbons (Fsp3) is 0.467. The van der Waals surface area contributed by atoms with Crippen LogP contribution in [0.15, 0.2) is 12.1 Å². The van der Waals surface area contributed by atoms with Gasteiger partial charge in [0.2, 0.25) is 0 Å². The molecule has 2 nitrogen and oxygen atoms in total.